The normalized spacial score (nSPS) is 18.9. The van der Waals surface area contributed by atoms with E-state index < -0.39 is 30.0 Å². The van der Waals surface area contributed by atoms with E-state index in [4.69, 9.17) is 14.0 Å². The van der Waals surface area contributed by atoms with E-state index in [0.717, 1.165) is 11.0 Å². The zero-order chi connectivity index (χ0) is 21.4. The molecule has 0 aliphatic carbocycles. The van der Waals surface area contributed by atoms with Crippen LogP contribution < -0.4 is 5.32 Å². The molecule has 0 spiro atoms. The van der Waals surface area contributed by atoms with Crippen LogP contribution in [0.2, 0.25) is 0 Å². The molecule has 3 rings (SSSR count). The van der Waals surface area contributed by atoms with Crippen LogP contribution in [0.3, 0.4) is 0 Å². The zero-order valence-corrected chi connectivity index (χ0v) is 18.1. The molecule has 0 atom stereocenters. The lowest BCUT2D eigenvalue weighted by Crippen LogP contribution is -2.41. The molecule has 0 saturated carbocycles. The van der Waals surface area contributed by atoms with Crippen molar-refractivity contribution in [2.45, 2.75) is 65.3 Å². The number of alkyl carbamates (subject to hydrolysis) is 1. The Kier molecular flexibility index (Phi) is 5.49. The van der Waals surface area contributed by atoms with Gasteiger partial charge < -0.3 is 19.4 Å². The Morgan fingerprint density at radius 3 is 2.55 bits per heavy atom. The number of fused-ring (bicyclic) bond motifs is 1. The zero-order valence-electron chi connectivity index (χ0n) is 18.1. The molecule has 2 aromatic rings. The predicted molar refractivity (Wildman–Crippen MR) is 111 cm³/mol. The van der Waals surface area contributed by atoms with E-state index in [1.54, 1.807) is 16.9 Å². The van der Waals surface area contributed by atoms with Crippen molar-refractivity contribution >= 4 is 24.9 Å². The number of nitrogens with one attached hydrogen (secondary N) is 1. The van der Waals surface area contributed by atoms with Gasteiger partial charge in [0.15, 0.2) is 5.65 Å². The van der Waals surface area contributed by atoms with Crippen molar-refractivity contribution in [2.24, 2.45) is 0 Å². The average molecular weight is 400 g/mol. The number of carbonyl (C=O) groups excluding carboxylic acids is 1. The number of amides is 1. The lowest BCUT2D eigenvalue weighted by molar-refractivity contribution is 0.00578. The highest BCUT2D eigenvalue weighted by Crippen LogP contribution is 2.38. The number of aromatic nitrogens is 3. The van der Waals surface area contributed by atoms with Crippen LogP contribution in [0.1, 0.15) is 54.0 Å². The van der Waals surface area contributed by atoms with Crippen LogP contribution in [-0.4, -0.2) is 51.2 Å². The minimum atomic E-state index is -0.617. The SMILES string of the molecule is CC(C)(C)OC(=O)NCC(=Cc1cnn2cccnc12)B1OC(C)(C)C(C)(C)O1. The summed E-state index contributed by atoms with van der Waals surface area (Å²) in [7, 11) is -0.617. The van der Waals surface area contributed by atoms with Crippen LogP contribution in [0.5, 0.6) is 0 Å². The smallest absolute Gasteiger partial charge is 0.444 e. The van der Waals surface area contributed by atoms with Crippen molar-refractivity contribution in [1.29, 1.82) is 0 Å². The van der Waals surface area contributed by atoms with Gasteiger partial charge in [-0.15, -0.1) is 0 Å². The highest BCUT2D eigenvalue weighted by atomic mass is 16.7. The van der Waals surface area contributed by atoms with Crippen molar-refractivity contribution < 1.29 is 18.8 Å². The second-order valence-electron chi connectivity index (χ2n) is 9.15. The monoisotopic (exact) mass is 400 g/mol. The molecule has 0 unspecified atom stereocenters. The van der Waals surface area contributed by atoms with Gasteiger partial charge in [-0.25, -0.2) is 14.3 Å². The Labute approximate surface area is 171 Å². The molecule has 9 heteroatoms. The van der Waals surface area contributed by atoms with E-state index >= 15 is 0 Å². The third-order valence-corrected chi connectivity index (χ3v) is 5.04. The van der Waals surface area contributed by atoms with E-state index in [-0.39, 0.29) is 6.54 Å². The van der Waals surface area contributed by atoms with Gasteiger partial charge in [-0.2, -0.15) is 5.10 Å². The molecule has 8 nitrogen and oxygen atoms in total. The quantitative estimate of drug-likeness (QED) is 0.793. The maximum Gasteiger partial charge on any atom is 0.492 e. The highest BCUT2D eigenvalue weighted by Gasteiger charge is 2.52. The molecule has 1 fully saturated rings. The molecule has 0 radical (unpaired) electrons. The molecular formula is C20H29BN4O4. The van der Waals surface area contributed by atoms with E-state index in [9.17, 15) is 4.79 Å². The van der Waals surface area contributed by atoms with Crippen LogP contribution in [0, 0.1) is 0 Å². The van der Waals surface area contributed by atoms with Crippen molar-refractivity contribution in [3.05, 3.63) is 35.7 Å². The summed E-state index contributed by atoms with van der Waals surface area (Å²) < 4.78 is 19.4. The maximum absolute atomic E-state index is 12.2. The minimum absolute atomic E-state index is 0.204. The van der Waals surface area contributed by atoms with E-state index in [1.807, 2.05) is 66.8 Å². The molecule has 2 aromatic heterocycles. The Bertz CT molecular complexity index is 914. The summed E-state index contributed by atoms with van der Waals surface area (Å²) >= 11 is 0. The van der Waals surface area contributed by atoms with Crippen LogP contribution in [-0.2, 0) is 14.0 Å². The largest absolute Gasteiger partial charge is 0.492 e. The van der Waals surface area contributed by atoms with Gasteiger partial charge >= 0.3 is 13.2 Å². The number of rotatable bonds is 4. The number of ether oxygens (including phenoxy) is 1. The first-order chi connectivity index (χ1) is 13.4. The molecule has 1 N–H and O–H groups in total. The summed E-state index contributed by atoms with van der Waals surface area (Å²) in [6.07, 6.45) is 6.66. The van der Waals surface area contributed by atoms with Gasteiger partial charge in [-0.1, -0.05) is 6.08 Å². The van der Waals surface area contributed by atoms with Gasteiger partial charge in [-0.05, 0) is 60.0 Å². The van der Waals surface area contributed by atoms with Crippen molar-refractivity contribution in [3.63, 3.8) is 0 Å². The first-order valence-electron chi connectivity index (χ1n) is 9.69. The molecule has 1 amide bonds. The topological polar surface area (TPSA) is 87.0 Å². The standard InChI is InChI=1S/C20H29BN4O4/c1-18(2,3)27-17(26)23-13-15(21-28-19(4,5)20(6,7)29-21)11-14-12-24-25-10-8-9-22-16(14)25/h8-12H,13H2,1-7H3,(H,23,26). The first kappa shape index (κ1) is 21.3. The number of nitrogens with zero attached hydrogens (tertiary/aromatic N) is 3. The molecule has 29 heavy (non-hydrogen) atoms. The lowest BCUT2D eigenvalue weighted by atomic mass is 9.77. The molecule has 0 aromatic carbocycles. The second-order valence-corrected chi connectivity index (χ2v) is 9.15. The maximum atomic E-state index is 12.2. The summed E-state index contributed by atoms with van der Waals surface area (Å²) in [4.78, 5) is 16.6. The van der Waals surface area contributed by atoms with Crippen LogP contribution in [0.15, 0.2) is 30.1 Å². The van der Waals surface area contributed by atoms with Gasteiger partial charge in [0, 0.05) is 24.5 Å². The summed E-state index contributed by atoms with van der Waals surface area (Å²) in [5.41, 5.74) is 0.685. The van der Waals surface area contributed by atoms with Crippen LogP contribution >= 0.6 is 0 Å². The Morgan fingerprint density at radius 1 is 1.28 bits per heavy atom. The highest BCUT2D eigenvalue weighted by molar-refractivity contribution is 6.56. The summed E-state index contributed by atoms with van der Waals surface area (Å²) in [6, 6.07) is 1.81. The predicted octanol–water partition coefficient (Wildman–Crippen LogP) is 3.27. The van der Waals surface area contributed by atoms with Gasteiger partial charge in [0.05, 0.1) is 17.4 Å². The number of carbonyl (C=O) groups is 1. The van der Waals surface area contributed by atoms with E-state index in [2.05, 4.69) is 15.4 Å². The Morgan fingerprint density at radius 2 is 1.93 bits per heavy atom. The first-order valence-corrected chi connectivity index (χ1v) is 9.69. The van der Waals surface area contributed by atoms with Gasteiger partial charge in [0.2, 0.25) is 0 Å². The minimum Gasteiger partial charge on any atom is -0.444 e. The fourth-order valence-corrected chi connectivity index (χ4v) is 2.83. The number of hydrogen-bond acceptors (Lipinski definition) is 6. The third kappa shape index (κ3) is 4.79. The molecular weight excluding hydrogens is 371 g/mol. The van der Waals surface area contributed by atoms with Crippen LogP contribution in [0.25, 0.3) is 11.7 Å². The fourth-order valence-electron chi connectivity index (χ4n) is 2.83. The molecule has 1 aliphatic heterocycles. The van der Waals surface area contributed by atoms with Crippen molar-refractivity contribution in [1.82, 2.24) is 19.9 Å². The summed E-state index contributed by atoms with van der Waals surface area (Å²) in [5, 5.41) is 7.11. The average Bonchev–Trinajstić information content (AvgIpc) is 3.08. The number of hydrogen-bond donors (Lipinski definition) is 1. The molecule has 3 heterocycles. The Balaban J connectivity index is 1.89. The van der Waals surface area contributed by atoms with Gasteiger partial charge in [0.1, 0.15) is 5.60 Å². The molecule has 0 bridgehead atoms. The van der Waals surface area contributed by atoms with Gasteiger partial charge in [-0.3, -0.25) is 0 Å². The van der Waals surface area contributed by atoms with E-state index in [1.165, 1.54) is 0 Å². The Hall–Kier alpha value is -2.39. The van der Waals surface area contributed by atoms with Gasteiger partial charge in [0.25, 0.3) is 0 Å². The third-order valence-electron chi connectivity index (χ3n) is 5.04. The summed E-state index contributed by atoms with van der Waals surface area (Å²) in [6.45, 7) is 13.6. The summed E-state index contributed by atoms with van der Waals surface area (Å²) in [5.74, 6) is 0. The second kappa shape index (κ2) is 7.46. The molecule has 1 saturated heterocycles. The van der Waals surface area contributed by atoms with Crippen LogP contribution in [0.4, 0.5) is 4.79 Å². The molecule has 156 valence electrons. The van der Waals surface area contributed by atoms with Crippen molar-refractivity contribution in [3.8, 4) is 0 Å². The van der Waals surface area contributed by atoms with Crippen molar-refractivity contribution in [2.75, 3.05) is 6.54 Å². The van der Waals surface area contributed by atoms with E-state index in [0.29, 0.717) is 5.65 Å². The molecule has 1 aliphatic rings. The lowest BCUT2D eigenvalue weighted by Gasteiger charge is -2.32. The fraction of sp³-hybridized carbons (Fsp3) is 0.550.